The van der Waals surface area contributed by atoms with E-state index in [1.165, 1.54) is 5.56 Å². The number of nitrogens with one attached hydrogen (secondary N) is 1. The normalized spacial score (nSPS) is 11.4. The van der Waals surface area contributed by atoms with Crippen LogP contribution in [0.3, 0.4) is 0 Å². The van der Waals surface area contributed by atoms with Gasteiger partial charge >= 0.3 is 0 Å². The molecule has 3 nitrogen and oxygen atoms in total. The van der Waals surface area contributed by atoms with Crippen LogP contribution in [0.15, 0.2) is 72.8 Å². The van der Waals surface area contributed by atoms with E-state index in [-0.39, 0.29) is 11.3 Å². The molecule has 0 aliphatic carbocycles. The van der Waals surface area contributed by atoms with E-state index in [1.54, 1.807) is 0 Å². The number of benzene rings is 3. The molecule has 0 fully saturated rings. The highest BCUT2D eigenvalue weighted by Crippen LogP contribution is 2.25. The number of rotatable bonds is 6. The summed E-state index contributed by atoms with van der Waals surface area (Å²) in [6.07, 6.45) is 0. The van der Waals surface area contributed by atoms with Crippen molar-refractivity contribution in [3.05, 3.63) is 95.1 Å². The largest absolute Gasteiger partial charge is 0.489 e. The summed E-state index contributed by atoms with van der Waals surface area (Å²) in [6, 6.07) is 23.7. The van der Waals surface area contributed by atoms with Crippen LogP contribution in [0.1, 0.15) is 67.6 Å². The summed E-state index contributed by atoms with van der Waals surface area (Å²) in [5, 5.41) is 3.03. The lowest BCUT2D eigenvalue weighted by molar-refractivity contribution is 0.102. The average molecular weight is 402 g/mol. The van der Waals surface area contributed by atoms with Gasteiger partial charge in [-0.3, -0.25) is 4.79 Å². The Balaban J connectivity index is 1.60. The lowest BCUT2D eigenvalue weighted by Crippen LogP contribution is -2.13. The Labute approximate surface area is 180 Å². The Kier molecular flexibility index (Phi) is 6.61. The molecule has 0 atom stereocenters. The van der Waals surface area contributed by atoms with Crippen molar-refractivity contribution in [1.82, 2.24) is 0 Å². The van der Waals surface area contributed by atoms with E-state index < -0.39 is 0 Å². The number of para-hydroxylation sites is 1. The highest BCUT2D eigenvalue weighted by molar-refractivity contribution is 6.04. The van der Waals surface area contributed by atoms with Crippen molar-refractivity contribution >= 4 is 11.6 Å². The third-order valence-corrected chi connectivity index (χ3v) is 5.17. The summed E-state index contributed by atoms with van der Waals surface area (Å²) in [6.45, 7) is 11.3. The lowest BCUT2D eigenvalue weighted by Gasteiger charge is -2.19. The van der Waals surface area contributed by atoms with Gasteiger partial charge in [-0.05, 0) is 58.4 Å². The smallest absolute Gasteiger partial charge is 0.255 e. The lowest BCUT2D eigenvalue weighted by atomic mass is 9.87. The number of anilines is 1. The molecule has 3 aromatic carbocycles. The Bertz CT molecular complexity index is 981. The van der Waals surface area contributed by atoms with Crippen molar-refractivity contribution in [2.45, 2.75) is 52.6 Å². The van der Waals surface area contributed by atoms with Gasteiger partial charge in [0, 0.05) is 11.3 Å². The summed E-state index contributed by atoms with van der Waals surface area (Å²) >= 11 is 0. The third-order valence-electron chi connectivity index (χ3n) is 5.17. The molecule has 0 saturated heterocycles. The van der Waals surface area contributed by atoms with E-state index in [0.717, 1.165) is 22.6 Å². The van der Waals surface area contributed by atoms with E-state index >= 15 is 0 Å². The van der Waals surface area contributed by atoms with Crippen LogP contribution in [0.2, 0.25) is 0 Å². The number of carbonyl (C=O) groups excluding carboxylic acids is 1. The van der Waals surface area contributed by atoms with Crippen molar-refractivity contribution in [1.29, 1.82) is 0 Å². The molecule has 0 unspecified atom stereocenters. The molecule has 1 amide bonds. The molecule has 0 aromatic heterocycles. The quantitative estimate of drug-likeness (QED) is 0.486. The van der Waals surface area contributed by atoms with Gasteiger partial charge < -0.3 is 10.1 Å². The fraction of sp³-hybridized carbons (Fsp3) is 0.296. The first-order chi connectivity index (χ1) is 14.2. The van der Waals surface area contributed by atoms with Crippen LogP contribution in [0.25, 0.3) is 0 Å². The minimum atomic E-state index is -0.103. The third kappa shape index (κ3) is 5.50. The first kappa shape index (κ1) is 21.6. The zero-order chi connectivity index (χ0) is 21.7. The molecule has 1 N–H and O–H groups in total. The van der Waals surface area contributed by atoms with Gasteiger partial charge in [-0.1, -0.05) is 77.1 Å². The molecular formula is C27H31NO2. The zero-order valence-electron chi connectivity index (χ0n) is 18.5. The fourth-order valence-electron chi connectivity index (χ4n) is 3.28. The van der Waals surface area contributed by atoms with Gasteiger partial charge in [0.2, 0.25) is 0 Å². The first-order valence-electron chi connectivity index (χ1n) is 10.5. The molecule has 0 spiro atoms. The van der Waals surface area contributed by atoms with Gasteiger partial charge in [-0.15, -0.1) is 0 Å². The van der Waals surface area contributed by atoms with E-state index in [1.807, 2.05) is 54.6 Å². The topological polar surface area (TPSA) is 38.3 Å². The molecule has 0 radical (unpaired) electrons. The van der Waals surface area contributed by atoms with Crippen molar-refractivity contribution in [2.75, 3.05) is 5.32 Å². The van der Waals surface area contributed by atoms with Crippen molar-refractivity contribution in [3.8, 4) is 5.75 Å². The molecule has 0 heterocycles. The number of amides is 1. The Morgan fingerprint density at radius 2 is 1.53 bits per heavy atom. The van der Waals surface area contributed by atoms with Crippen LogP contribution in [0, 0.1) is 0 Å². The van der Waals surface area contributed by atoms with Gasteiger partial charge in [0.1, 0.15) is 12.4 Å². The summed E-state index contributed by atoms with van der Waals surface area (Å²) in [7, 11) is 0. The fourth-order valence-corrected chi connectivity index (χ4v) is 3.28. The van der Waals surface area contributed by atoms with Gasteiger partial charge in [-0.25, -0.2) is 0 Å². The Morgan fingerprint density at radius 1 is 0.900 bits per heavy atom. The second-order valence-electron chi connectivity index (χ2n) is 8.96. The predicted octanol–water partition coefficient (Wildman–Crippen LogP) is 6.94. The van der Waals surface area contributed by atoms with Crippen LogP contribution in [0.5, 0.6) is 5.75 Å². The number of hydrogen-bond donors (Lipinski definition) is 1. The maximum absolute atomic E-state index is 12.7. The minimum Gasteiger partial charge on any atom is -0.489 e. The van der Waals surface area contributed by atoms with Crippen LogP contribution >= 0.6 is 0 Å². The maximum atomic E-state index is 12.7. The van der Waals surface area contributed by atoms with Crippen molar-refractivity contribution in [3.63, 3.8) is 0 Å². The van der Waals surface area contributed by atoms with Gasteiger partial charge in [0.15, 0.2) is 0 Å². The summed E-state index contributed by atoms with van der Waals surface area (Å²) in [4.78, 5) is 12.7. The SMILES string of the molecule is CC(C)c1ccccc1NC(=O)c1ccc(COc2ccc(C(C)(C)C)cc2)cc1. The molecule has 0 bridgehead atoms. The molecular weight excluding hydrogens is 370 g/mol. The molecule has 3 rings (SSSR count). The molecule has 3 heteroatoms. The molecule has 3 aromatic rings. The van der Waals surface area contributed by atoms with Crippen LogP contribution in [-0.2, 0) is 12.0 Å². The Hall–Kier alpha value is -3.07. The van der Waals surface area contributed by atoms with Crippen LogP contribution in [-0.4, -0.2) is 5.91 Å². The molecule has 30 heavy (non-hydrogen) atoms. The second-order valence-corrected chi connectivity index (χ2v) is 8.96. The Morgan fingerprint density at radius 3 is 2.13 bits per heavy atom. The van der Waals surface area contributed by atoms with E-state index in [0.29, 0.717) is 18.1 Å². The molecule has 0 aliphatic rings. The standard InChI is InChI=1S/C27H31NO2/c1-19(2)24-8-6-7-9-25(24)28-26(29)21-12-10-20(11-13-21)18-30-23-16-14-22(15-17-23)27(3,4)5/h6-17,19H,18H2,1-5H3,(H,28,29). The highest BCUT2D eigenvalue weighted by Gasteiger charge is 2.13. The molecule has 0 saturated carbocycles. The van der Waals surface area contributed by atoms with E-state index in [4.69, 9.17) is 4.74 Å². The maximum Gasteiger partial charge on any atom is 0.255 e. The van der Waals surface area contributed by atoms with Crippen LogP contribution in [0.4, 0.5) is 5.69 Å². The summed E-state index contributed by atoms with van der Waals surface area (Å²) in [5.41, 5.74) is 5.06. The van der Waals surface area contributed by atoms with Gasteiger partial charge in [-0.2, -0.15) is 0 Å². The first-order valence-corrected chi connectivity index (χ1v) is 10.5. The predicted molar refractivity (Wildman–Crippen MR) is 124 cm³/mol. The van der Waals surface area contributed by atoms with Crippen molar-refractivity contribution in [2.24, 2.45) is 0 Å². The summed E-state index contributed by atoms with van der Waals surface area (Å²) in [5.74, 6) is 1.09. The van der Waals surface area contributed by atoms with Crippen LogP contribution < -0.4 is 10.1 Å². The average Bonchev–Trinajstić information content (AvgIpc) is 2.72. The number of hydrogen-bond acceptors (Lipinski definition) is 2. The molecule has 0 aliphatic heterocycles. The summed E-state index contributed by atoms with van der Waals surface area (Å²) < 4.78 is 5.90. The van der Waals surface area contributed by atoms with Gasteiger partial charge in [0.05, 0.1) is 0 Å². The van der Waals surface area contributed by atoms with E-state index in [2.05, 4.69) is 58.1 Å². The second kappa shape index (κ2) is 9.17. The van der Waals surface area contributed by atoms with Gasteiger partial charge in [0.25, 0.3) is 5.91 Å². The highest BCUT2D eigenvalue weighted by atomic mass is 16.5. The van der Waals surface area contributed by atoms with E-state index in [9.17, 15) is 4.79 Å². The molecule has 156 valence electrons. The van der Waals surface area contributed by atoms with Crippen molar-refractivity contribution < 1.29 is 9.53 Å². The number of ether oxygens (including phenoxy) is 1. The number of carbonyl (C=O) groups is 1. The zero-order valence-corrected chi connectivity index (χ0v) is 18.5. The minimum absolute atomic E-state index is 0.103. The monoisotopic (exact) mass is 401 g/mol.